The molecule has 3 heterocycles. The van der Waals surface area contributed by atoms with Gasteiger partial charge in [-0.1, -0.05) is 0 Å². The van der Waals surface area contributed by atoms with Gasteiger partial charge in [0.2, 0.25) is 0 Å². The highest BCUT2D eigenvalue weighted by Gasteiger charge is 2.36. The predicted octanol–water partition coefficient (Wildman–Crippen LogP) is 3.15. The standard InChI is InChI=1S/C17H23N5OS/c1-12-10-24-16(19-12)15(13-2-3-13)20-17(23)21-7-4-14(5-8-21)22-9-6-18-11-22/h6,9-11,13-15H,2-5,7-8H2,1H3,(H,20,23)/t15-/m1/s1. The third kappa shape index (κ3) is 3.31. The van der Waals surface area contributed by atoms with Crippen molar-refractivity contribution in [3.05, 3.63) is 34.8 Å². The number of carbonyl (C=O) groups excluding carboxylic acids is 1. The summed E-state index contributed by atoms with van der Waals surface area (Å²) in [4.78, 5) is 23.3. The number of carbonyl (C=O) groups is 1. The van der Waals surface area contributed by atoms with Crippen LogP contribution in [0.2, 0.25) is 0 Å². The first kappa shape index (κ1) is 15.6. The molecule has 1 saturated carbocycles. The van der Waals surface area contributed by atoms with Crippen LogP contribution < -0.4 is 5.32 Å². The van der Waals surface area contributed by atoms with Gasteiger partial charge in [0.25, 0.3) is 0 Å². The van der Waals surface area contributed by atoms with Crippen molar-refractivity contribution in [2.45, 2.75) is 44.7 Å². The van der Waals surface area contributed by atoms with Crippen molar-refractivity contribution < 1.29 is 4.79 Å². The minimum atomic E-state index is 0.0591. The number of likely N-dealkylation sites (tertiary alicyclic amines) is 1. The van der Waals surface area contributed by atoms with Crippen molar-refractivity contribution in [1.29, 1.82) is 0 Å². The topological polar surface area (TPSA) is 63.1 Å². The van der Waals surface area contributed by atoms with Gasteiger partial charge in [0.05, 0.1) is 12.4 Å². The van der Waals surface area contributed by atoms with Crippen molar-refractivity contribution in [3.63, 3.8) is 0 Å². The molecular weight excluding hydrogens is 322 g/mol. The van der Waals surface area contributed by atoms with E-state index in [0.717, 1.165) is 36.6 Å². The van der Waals surface area contributed by atoms with Crippen molar-refractivity contribution in [3.8, 4) is 0 Å². The minimum absolute atomic E-state index is 0.0591. The molecule has 0 aromatic carbocycles. The highest BCUT2D eigenvalue weighted by molar-refractivity contribution is 7.09. The zero-order valence-electron chi connectivity index (χ0n) is 13.9. The van der Waals surface area contributed by atoms with Crippen LogP contribution in [0.25, 0.3) is 0 Å². The first-order valence-electron chi connectivity index (χ1n) is 8.65. The Kier molecular flexibility index (Phi) is 4.26. The smallest absolute Gasteiger partial charge is 0.317 e. The van der Waals surface area contributed by atoms with E-state index in [9.17, 15) is 4.79 Å². The second-order valence-electron chi connectivity index (χ2n) is 6.82. The molecule has 1 atom stereocenters. The Labute approximate surface area is 145 Å². The second kappa shape index (κ2) is 6.55. The normalized spacial score (nSPS) is 20.1. The maximum atomic E-state index is 12.7. The van der Waals surface area contributed by atoms with Crippen LogP contribution in [0.5, 0.6) is 0 Å². The highest BCUT2D eigenvalue weighted by Crippen LogP contribution is 2.42. The molecule has 1 aliphatic carbocycles. The largest absolute Gasteiger partial charge is 0.334 e. The zero-order chi connectivity index (χ0) is 16.5. The minimum Gasteiger partial charge on any atom is -0.334 e. The number of aryl methyl sites for hydroxylation is 1. The molecule has 2 aromatic rings. The van der Waals surface area contributed by atoms with Gasteiger partial charge in [0, 0.05) is 42.6 Å². The van der Waals surface area contributed by atoms with E-state index in [1.54, 1.807) is 11.3 Å². The fourth-order valence-electron chi connectivity index (χ4n) is 3.40. The average Bonchev–Trinajstić information content (AvgIpc) is 3.10. The van der Waals surface area contributed by atoms with E-state index in [4.69, 9.17) is 0 Å². The van der Waals surface area contributed by atoms with Crippen molar-refractivity contribution in [2.75, 3.05) is 13.1 Å². The summed E-state index contributed by atoms with van der Waals surface area (Å²) in [6, 6.07) is 0.601. The number of hydrogen-bond donors (Lipinski definition) is 1. The van der Waals surface area contributed by atoms with E-state index in [0.29, 0.717) is 12.0 Å². The number of imidazole rings is 1. The van der Waals surface area contributed by atoms with Crippen LogP contribution in [0.3, 0.4) is 0 Å². The maximum absolute atomic E-state index is 12.7. The van der Waals surface area contributed by atoms with Crippen molar-refractivity contribution >= 4 is 17.4 Å². The number of urea groups is 1. The summed E-state index contributed by atoms with van der Waals surface area (Å²) in [6.45, 7) is 3.60. The van der Waals surface area contributed by atoms with Crippen LogP contribution in [0.15, 0.2) is 24.1 Å². The fourth-order valence-corrected chi connectivity index (χ4v) is 4.34. The molecule has 4 rings (SSSR count). The van der Waals surface area contributed by atoms with E-state index >= 15 is 0 Å². The van der Waals surface area contributed by atoms with E-state index in [-0.39, 0.29) is 12.1 Å². The SMILES string of the molecule is Cc1csc([C@H](NC(=O)N2CCC(n3ccnc3)CC2)C2CC2)n1. The van der Waals surface area contributed by atoms with E-state index in [2.05, 4.69) is 25.2 Å². The van der Waals surface area contributed by atoms with Gasteiger partial charge in [-0.3, -0.25) is 0 Å². The van der Waals surface area contributed by atoms with Gasteiger partial charge in [-0.25, -0.2) is 14.8 Å². The number of aromatic nitrogens is 3. The molecule has 24 heavy (non-hydrogen) atoms. The molecule has 0 bridgehead atoms. The summed E-state index contributed by atoms with van der Waals surface area (Å²) in [5.41, 5.74) is 1.04. The molecule has 2 amide bonds. The first-order chi connectivity index (χ1) is 11.7. The van der Waals surface area contributed by atoms with Gasteiger partial charge in [0.15, 0.2) is 0 Å². The Bertz CT molecular complexity index is 686. The maximum Gasteiger partial charge on any atom is 0.317 e. The summed E-state index contributed by atoms with van der Waals surface area (Å²) in [7, 11) is 0. The second-order valence-corrected chi connectivity index (χ2v) is 7.71. The van der Waals surface area contributed by atoms with Gasteiger partial charge >= 0.3 is 6.03 Å². The Balaban J connectivity index is 1.36. The van der Waals surface area contributed by atoms with Gasteiger partial charge in [-0.05, 0) is 38.5 Å². The Hall–Kier alpha value is -1.89. The molecule has 0 spiro atoms. The van der Waals surface area contributed by atoms with Crippen molar-refractivity contribution in [1.82, 2.24) is 24.8 Å². The number of amides is 2. The van der Waals surface area contributed by atoms with Gasteiger partial charge < -0.3 is 14.8 Å². The molecular formula is C17H23N5OS. The van der Waals surface area contributed by atoms with E-state index in [1.165, 1.54) is 12.8 Å². The molecule has 1 saturated heterocycles. The average molecular weight is 345 g/mol. The molecule has 7 heteroatoms. The number of hydrogen-bond acceptors (Lipinski definition) is 4. The Morgan fingerprint density at radius 2 is 2.12 bits per heavy atom. The quantitative estimate of drug-likeness (QED) is 0.926. The monoisotopic (exact) mass is 345 g/mol. The van der Waals surface area contributed by atoms with Crippen LogP contribution in [-0.2, 0) is 0 Å². The third-order valence-electron chi connectivity index (χ3n) is 4.97. The van der Waals surface area contributed by atoms with E-state index in [1.807, 2.05) is 30.5 Å². The highest BCUT2D eigenvalue weighted by atomic mass is 32.1. The Morgan fingerprint density at radius 1 is 1.33 bits per heavy atom. The van der Waals surface area contributed by atoms with Crippen LogP contribution in [0.1, 0.15) is 48.5 Å². The molecule has 2 aromatic heterocycles. The number of nitrogens with zero attached hydrogens (tertiary/aromatic N) is 4. The first-order valence-corrected chi connectivity index (χ1v) is 9.53. The summed E-state index contributed by atoms with van der Waals surface area (Å²) in [5, 5.41) is 6.36. The lowest BCUT2D eigenvalue weighted by molar-refractivity contribution is 0.167. The lowest BCUT2D eigenvalue weighted by Gasteiger charge is -2.33. The zero-order valence-corrected chi connectivity index (χ0v) is 14.7. The van der Waals surface area contributed by atoms with Gasteiger partial charge in [-0.15, -0.1) is 11.3 Å². The van der Waals surface area contributed by atoms with Crippen LogP contribution in [-0.4, -0.2) is 38.6 Å². The molecule has 2 fully saturated rings. The molecule has 0 radical (unpaired) electrons. The summed E-state index contributed by atoms with van der Waals surface area (Å²) >= 11 is 1.66. The number of nitrogens with one attached hydrogen (secondary N) is 1. The van der Waals surface area contributed by atoms with Crippen molar-refractivity contribution in [2.24, 2.45) is 5.92 Å². The lowest BCUT2D eigenvalue weighted by atomic mass is 10.1. The van der Waals surface area contributed by atoms with Crippen LogP contribution in [0, 0.1) is 12.8 Å². The molecule has 0 unspecified atom stereocenters. The molecule has 2 aliphatic rings. The van der Waals surface area contributed by atoms with E-state index < -0.39 is 0 Å². The molecule has 1 N–H and O–H groups in total. The fraction of sp³-hybridized carbons (Fsp3) is 0.588. The van der Waals surface area contributed by atoms with Crippen LogP contribution in [0.4, 0.5) is 4.79 Å². The summed E-state index contributed by atoms with van der Waals surface area (Å²) in [5.74, 6) is 0.558. The lowest BCUT2D eigenvalue weighted by Crippen LogP contribution is -2.46. The third-order valence-corrected chi connectivity index (χ3v) is 6.02. The summed E-state index contributed by atoms with van der Waals surface area (Å²) in [6.07, 6.45) is 10.0. The number of rotatable bonds is 4. The molecule has 1 aliphatic heterocycles. The summed E-state index contributed by atoms with van der Waals surface area (Å²) < 4.78 is 2.15. The van der Waals surface area contributed by atoms with Gasteiger partial charge in [-0.2, -0.15) is 0 Å². The van der Waals surface area contributed by atoms with Gasteiger partial charge in [0.1, 0.15) is 5.01 Å². The predicted molar refractivity (Wildman–Crippen MR) is 92.9 cm³/mol. The molecule has 6 nitrogen and oxygen atoms in total. The molecule has 128 valence electrons. The van der Waals surface area contributed by atoms with Crippen LogP contribution >= 0.6 is 11.3 Å². The Morgan fingerprint density at radius 3 is 2.71 bits per heavy atom. The number of thiazole rings is 1. The number of piperidine rings is 1.